The summed E-state index contributed by atoms with van der Waals surface area (Å²) in [4.78, 5) is 17.9. The standard InChI is InChI=1S/C9H13N3OS2/c13-9-8(10-1-2-11-9)12-5-7-6-14-3-4-15-7/h1-2,7H,3-6H2,(H,10,12)(H,11,13). The SMILES string of the molecule is O=c1[nH]ccnc1NCC1CSCCS1. The maximum atomic E-state index is 11.3. The topological polar surface area (TPSA) is 57.8 Å². The van der Waals surface area contributed by atoms with Crippen molar-refractivity contribution in [3.05, 3.63) is 22.7 Å². The molecule has 0 aromatic carbocycles. The summed E-state index contributed by atoms with van der Waals surface area (Å²) in [6.45, 7) is 0.817. The Morgan fingerprint density at radius 2 is 2.53 bits per heavy atom. The summed E-state index contributed by atoms with van der Waals surface area (Å²) in [5.74, 6) is 4.03. The van der Waals surface area contributed by atoms with Crippen LogP contribution in [-0.2, 0) is 0 Å². The van der Waals surface area contributed by atoms with Gasteiger partial charge in [0.25, 0.3) is 5.56 Å². The third kappa shape index (κ3) is 3.17. The summed E-state index contributed by atoms with van der Waals surface area (Å²) in [7, 11) is 0. The van der Waals surface area contributed by atoms with Crippen molar-refractivity contribution in [1.29, 1.82) is 0 Å². The molecule has 1 atom stereocenters. The van der Waals surface area contributed by atoms with Crippen LogP contribution in [0.25, 0.3) is 0 Å². The molecule has 2 rings (SSSR count). The van der Waals surface area contributed by atoms with E-state index in [-0.39, 0.29) is 5.56 Å². The van der Waals surface area contributed by atoms with Crippen LogP contribution in [0.1, 0.15) is 0 Å². The predicted molar refractivity (Wildman–Crippen MR) is 66.9 cm³/mol. The minimum absolute atomic E-state index is 0.147. The number of aromatic amines is 1. The average Bonchev–Trinajstić information content (AvgIpc) is 2.29. The first kappa shape index (κ1) is 10.9. The van der Waals surface area contributed by atoms with Gasteiger partial charge < -0.3 is 10.3 Å². The van der Waals surface area contributed by atoms with Crippen LogP contribution in [0, 0.1) is 0 Å². The maximum Gasteiger partial charge on any atom is 0.290 e. The van der Waals surface area contributed by atoms with Crippen molar-refractivity contribution >= 4 is 29.3 Å². The van der Waals surface area contributed by atoms with Crippen molar-refractivity contribution in [2.24, 2.45) is 0 Å². The molecule has 6 heteroatoms. The second-order valence-electron chi connectivity index (χ2n) is 3.22. The lowest BCUT2D eigenvalue weighted by Gasteiger charge is -2.20. The molecular formula is C9H13N3OS2. The summed E-state index contributed by atoms with van der Waals surface area (Å²) in [6.07, 6.45) is 3.13. The van der Waals surface area contributed by atoms with Gasteiger partial charge in [-0.05, 0) is 0 Å². The first-order chi connectivity index (χ1) is 7.36. The van der Waals surface area contributed by atoms with E-state index in [1.807, 2.05) is 23.5 Å². The van der Waals surface area contributed by atoms with E-state index in [1.165, 1.54) is 11.5 Å². The lowest BCUT2D eigenvalue weighted by atomic mass is 10.4. The number of nitrogens with zero attached hydrogens (tertiary/aromatic N) is 1. The lowest BCUT2D eigenvalue weighted by molar-refractivity contribution is 0.979. The molecule has 1 aliphatic heterocycles. The molecule has 0 aliphatic carbocycles. The zero-order valence-corrected chi connectivity index (χ0v) is 9.87. The molecule has 2 N–H and O–H groups in total. The summed E-state index contributed by atoms with van der Waals surface area (Å²) < 4.78 is 0. The fourth-order valence-corrected chi connectivity index (χ4v) is 3.95. The molecule has 0 radical (unpaired) electrons. The van der Waals surface area contributed by atoms with Gasteiger partial charge in [-0.1, -0.05) is 0 Å². The smallest absolute Gasteiger partial charge is 0.290 e. The number of H-pyrrole nitrogens is 1. The van der Waals surface area contributed by atoms with Crippen LogP contribution in [0.4, 0.5) is 5.82 Å². The Morgan fingerprint density at radius 1 is 1.60 bits per heavy atom. The van der Waals surface area contributed by atoms with Crippen LogP contribution in [0.2, 0.25) is 0 Å². The van der Waals surface area contributed by atoms with E-state index >= 15 is 0 Å². The Balaban J connectivity index is 1.87. The number of thioether (sulfide) groups is 2. The number of hydrogen-bond acceptors (Lipinski definition) is 5. The van der Waals surface area contributed by atoms with Crippen LogP contribution in [0.15, 0.2) is 17.2 Å². The summed E-state index contributed by atoms with van der Waals surface area (Å²) in [6, 6.07) is 0. The Labute approximate surface area is 96.6 Å². The number of nitrogens with one attached hydrogen (secondary N) is 2. The summed E-state index contributed by atoms with van der Waals surface area (Å²) in [5.41, 5.74) is -0.147. The Bertz CT molecular complexity index is 362. The van der Waals surface area contributed by atoms with Crippen molar-refractivity contribution in [2.45, 2.75) is 5.25 Å². The van der Waals surface area contributed by atoms with Gasteiger partial charge in [0.2, 0.25) is 0 Å². The van der Waals surface area contributed by atoms with Crippen LogP contribution in [-0.4, -0.2) is 39.0 Å². The molecule has 0 bridgehead atoms. The van der Waals surface area contributed by atoms with Crippen LogP contribution in [0.5, 0.6) is 0 Å². The fourth-order valence-electron chi connectivity index (χ4n) is 1.34. The zero-order chi connectivity index (χ0) is 10.5. The van der Waals surface area contributed by atoms with Gasteiger partial charge in [0.1, 0.15) is 0 Å². The van der Waals surface area contributed by atoms with Gasteiger partial charge in [0, 0.05) is 41.4 Å². The third-order valence-electron chi connectivity index (χ3n) is 2.09. The Hall–Kier alpha value is -0.620. The number of anilines is 1. The molecule has 0 spiro atoms. The van der Waals surface area contributed by atoms with Crippen LogP contribution < -0.4 is 10.9 Å². The highest BCUT2D eigenvalue weighted by Gasteiger charge is 2.14. The summed E-state index contributed by atoms with van der Waals surface area (Å²) >= 11 is 3.94. The molecule has 1 fully saturated rings. The normalized spacial score (nSPS) is 21.2. The highest BCUT2D eigenvalue weighted by Crippen LogP contribution is 2.23. The number of rotatable bonds is 3. The van der Waals surface area contributed by atoms with Crippen molar-refractivity contribution < 1.29 is 0 Å². The number of hydrogen-bond donors (Lipinski definition) is 2. The second kappa shape index (κ2) is 5.46. The molecule has 1 aromatic rings. The van der Waals surface area contributed by atoms with Crippen molar-refractivity contribution in [1.82, 2.24) is 9.97 Å². The molecule has 1 aliphatic rings. The lowest BCUT2D eigenvalue weighted by Crippen LogP contribution is -2.26. The second-order valence-corrected chi connectivity index (χ2v) is 5.77. The molecule has 82 valence electrons. The maximum absolute atomic E-state index is 11.3. The minimum atomic E-state index is -0.147. The van der Waals surface area contributed by atoms with E-state index in [0.29, 0.717) is 11.1 Å². The van der Waals surface area contributed by atoms with Gasteiger partial charge in [0.05, 0.1) is 0 Å². The first-order valence-electron chi connectivity index (χ1n) is 4.83. The molecule has 4 nitrogen and oxygen atoms in total. The molecular weight excluding hydrogens is 230 g/mol. The van der Waals surface area contributed by atoms with E-state index in [9.17, 15) is 4.79 Å². The van der Waals surface area contributed by atoms with E-state index in [1.54, 1.807) is 12.4 Å². The Morgan fingerprint density at radius 3 is 3.27 bits per heavy atom. The van der Waals surface area contributed by atoms with Gasteiger partial charge in [-0.2, -0.15) is 23.5 Å². The highest BCUT2D eigenvalue weighted by molar-refractivity contribution is 8.06. The van der Waals surface area contributed by atoms with Crippen molar-refractivity contribution in [2.75, 3.05) is 29.1 Å². The third-order valence-corrected chi connectivity index (χ3v) is 4.93. The van der Waals surface area contributed by atoms with Crippen molar-refractivity contribution in [3.8, 4) is 0 Å². The predicted octanol–water partition coefficient (Wildman–Crippen LogP) is 1.03. The molecule has 1 aromatic heterocycles. The molecule has 1 saturated heterocycles. The average molecular weight is 243 g/mol. The van der Waals surface area contributed by atoms with Gasteiger partial charge >= 0.3 is 0 Å². The van der Waals surface area contributed by atoms with E-state index in [4.69, 9.17) is 0 Å². The van der Waals surface area contributed by atoms with Gasteiger partial charge in [-0.15, -0.1) is 0 Å². The van der Waals surface area contributed by atoms with E-state index in [0.717, 1.165) is 12.3 Å². The quantitative estimate of drug-likeness (QED) is 0.830. The van der Waals surface area contributed by atoms with Gasteiger partial charge in [-0.25, -0.2) is 4.98 Å². The summed E-state index contributed by atoms with van der Waals surface area (Å²) in [5, 5.41) is 3.68. The molecule has 15 heavy (non-hydrogen) atoms. The Kier molecular flexibility index (Phi) is 3.96. The molecule has 0 saturated carbocycles. The van der Waals surface area contributed by atoms with Crippen LogP contribution >= 0.6 is 23.5 Å². The minimum Gasteiger partial charge on any atom is -0.364 e. The highest BCUT2D eigenvalue weighted by atomic mass is 32.2. The monoisotopic (exact) mass is 243 g/mol. The molecule has 2 heterocycles. The fraction of sp³-hybridized carbons (Fsp3) is 0.556. The molecule has 1 unspecified atom stereocenters. The van der Waals surface area contributed by atoms with Gasteiger partial charge in [0.15, 0.2) is 5.82 Å². The largest absolute Gasteiger partial charge is 0.364 e. The molecule has 0 amide bonds. The van der Waals surface area contributed by atoms with Crippen LogP contribution in [0.3, 0.4) is 0 Å². The van der Waals surface area contributed by atoms with E-state index < -0.39 is 0 Å². The zero-order valence-electron chi connectivity index (χ0n) is 8.23. The van der Waals surface area contributed by atoms with E-state index in [2.05, 4.69) is 15.3 Å². The van der Waals surface area contributed by atoms with Gasteiger partial charge in [-0.3, -0.25) is 4.79 Å². The van der Waals surface area contributed by atoms with Crippen molar-refractivity contribution in [3.63, 3.8) is 0 Å². The number of aromatic nitrogens is 2. The first-order valence-corrected chi connectivity index (χ1v) is 7.03.